The van der Waals surface area contributed by atoms with Crippen molar-refractivity contribution in [3.05, 3.63) is 29.8 Å². The molecule has 1 aliphatic rings. The Morgan fingerprint density at radius 3 is 2.78 bits per heavy atom. The molecule has 0 bridgehead atoms. The monoisotopic (exact) mass is 263 g/mol. The van der Waals surface area contributed by atoms with Crippen LogP contribution >= 0.6 is 11.8 Å². The molecule has 1 N–H and O–H groups in total. The topological polar surface area (TPSA) is 12.0 Å². The molecule has 100 valence electrons. The molecular formula is C16H25NS. The van der Waals surface area contributed by atoms with Gasteiger partial charge in [0, 0.05) is 16.2 Å². The minimum atomic E-state index is 0.643. The first-order chi connectivity index (χ1) is 8.74. The predicted molar refractivity (Wildman–Crippen MR) is 81.3 cm³/mol. The number of thioether (sulfide) groups is 1. The lowest BCUT2D eigenvalue weighted by molar-refractivity contribution is 0.346. The third-order valence-corrected chi connectivity index (χ3v) is 5.38. The van der Waals surface area contributed by atoms with Gasteiger partial charge in [0.25, 0.3) is 0 Å². The zero-order chi connectivity index (χ0) is 13.0. The van der Waals surface area contributed by atoms with Crippen LogP contribution in [-0.2, 0) is 6.42 Å². The van der Waals surface area contributed by atoms with E-state index < -0.39 is 0 Å². The van der Waals surface area contributed by atoms with E-state index in [4.69, 9.17) is 0 Å². The Hall–Kier alpha value is -0.470. The molecule has 1 heterocycles. The first kappa shape index (κ1) is 14.0. The van der Waals surface area contributed by atoms with E-state index in [1.807, 2.05) is 0 Å². The second-order valence-electron chi connectivity index (χ2n) is 5.30. The molecule has 18 heavy (non-hydrogen) atoms. The summed E-state index contributed by atoms with van der Waals surface area (Å²) in [6.07, 6.45) is 3.88. The van der Waals surface area contributed by atoms with Crippen LogP contribution in [0.3, 0.4) is 0 Å². The molecule has 0 radical (unpaired) electrons. The first-order valence-electron chi connectivity index (χ1n) is 7.22. The van der Waals surface area contributed by atoms with Crippen LogP contribution in [0.2, 0.25) is 0 Å². The van der Waals surface area contributed by atoms with Crippen LogP contribution in [-0.4, -0.2) is 17.8 Å². The second kappa shape index (κ2) is 6.63. The van der Waals surface area contributed by atoms with Crippen LogP contribution in [0.4, 0.5) is 0 Å². The van der Waals surface area contributed by atoms with Crippen LogP contribution < -0.4 is 5.32 Å². The number of hydrogen-bond donors (Lipinski definition) is 1. The summed E-state index contributed by atoms with van der Waals surface area (Å²) in [4.78, 5) is 1.51. The van der Waals surface area contributed by atoms with E-state index in [1.54, 1.807) is 5.56 Å². The van der Waals surface area contributed by atoms with E-state index in [-0.39, 0.29) is 0 Å². The quantitative estimate of drug-likeness (QED) is 0.828. The van der Waals surface area contributed by atoms with Crippen molar-refractivity contribution >= 4 is 11.8 Å². The molecule has 0 fully saturated rings. The van der Waals surface area contributed by atoms with Crippen LogP contribution in [0.5, 0.6) is 0 Å². The van der Waals surface area contributed by atoms with Gasteiger partial charge in [0.2, 0.25) is 0 Å². The van der Waals surface area contributed by atoms with Gasteiger partial charge in [-0.1, -0.05) is 38.5 Å². The third kappa shape index (κ3) is 3.30. The summed E-state index contributed by atoms with van der Waals surface area (Å²) in [7, 11) is 0. The zero-order valence-electron chi connectivity index (χ0n) is 11.8. The van der Waals surface area contributed by atoms with Gasteiger partial charge in [-0.15, -0.1) is 11.8 Å². The molecule has 3 unspecified atom stereocenters. The van der Waals surface area contributed by atoms with Crippen molar-refractivity contribution in [1.82, 2.24) is 5.32 Å². The maximum atomic E-state index is 3.58. The van der Waals surface area contributed by atoms with Crippen molar-refractivity contribution in [3.63, 3.8) is 0 Å². The molecule has 0 saturated carbocycles. The van der Waals surface area contributed by atoms with Gasteiger partial charge in [-0.2, -0.15) is 0 Å². The Bertz CT molecular complexity index is 352. The van der Waals surface area contributed by atoms with E-state index in [0.29, 0.717) is 6.04 Å². The molecule has 3 atom stereocenters. The van der Waals surface area contributed by atoms with Gasteiger partial charge in [0.1, 0.15) is 0 Å². The molecule has 2 heteroatoms. The molecule has 1 aromatic rings. The van der Waals surface area contributed by atoms with Crippen molar-refractivity contribution in [1.29, 1.82) is 0 Å². The molecule has 1 aliphatic heterocycles. The third-order valence-electron chi connectivity index (χ3n) is 4.04. The predicted octanol–water partition coefficient (Wildman–Crippen LogP) is 4.12. The number of hydrogen-bond acceptors (Lipinski definition) is 2. The highest BCUT2D eigenvalue weighted by Gasteiger charge is 2.26. The van der Waals surface area contributed by atoms with Crippen molar-refractivity contribution in [2.75, 3.05) is 6.54 Å². The Labute approximate surface area is 116 Å². The average Bonchev–Trinajstić information content (AvgIpc) is 2.78. The summed E-state index contributed by atoms with van der Waals surface area (Å²) in [6.45, 7) is 7.94. The maximum absolute atomic E-state index is 3.58. The van der Waals surface area contributed by atoms with Gasteiger partial charge in [-0.05, 0) is 43.9 Å². The van der Waals surface area contributed by atoms with Gasteiger partial charge in [-0.25, -0.2) is 0 Å². The van der Waals surface area contributed by atoms with E-state index in [2.05, 4.69) is 62.1 Å². The molecule has 0 amide bonds. The second-order valence-corrected chi connectivity index (χ2v) is 6.64. The summed E-state index contributed by atoms with van der Waals surface area (Å²) in [5, 5.41) is 4.37. The maximum Gasteiger partial charge on any atom is 0.0138 e. The van der Waals surface area contributed by atoms with Crippen LogP contribution in [0, 0.1) is 5.92 Å². The molecule has 2 rings (SSSR count). The van der Waals surface area contributed by atoms with Gasteiger partial charge < -0.3 is 5.32 Å². The summed E-state index contributed by atoms with van der Waals surface area (Å²) >= 11 is 2.09. The molecule has 0 saturated heterocycles. The molecule has 0 spiro atoms. The summed E-state index contributed by atoms with van der Waals surface area (Å²) < 4.78 is 0. The standard InChI is InChI=1S/C16H25NS/c1-4-13(12(3)17-5-2)10-15-11-14-8-6-7-9-16(14)18-15/h6-9,12-13,15,17H,4-5,10-11H2,1-3H3. The fraction of sp³-hybridized carbons (Fsp3) is 0.625. The number of benzene rings is 1. The van der Waals surface area contributed by atoms with Crippen molar-refractivity contribution in [2.45, 2.75) is 56.2 Å². The molecular weight excluding hydrogens is 238 g/mol. The van der Waals surface area contributed by atoms with Crippen molar-refractivity contribution in [3.8, 4) is 0 Å². The minimum Gasteiger partial charge on any atom is -0.314 e. The van der Waals surface area contributed by atoms with Crippen molar-refractivity contribution < 1.29 is 0 Å². The number of nitrogens with one attached hydrogen (secondary N) is 1. The van der Waals surface area contributed by atoms with Crippen LogP contribution in [0.15, 0.2) is 29.2 Å². The lowest BCUT2D eigenvalue weighted by atomic mass is 9.91. The van der Waals surface area contributed by atoms with Gasteiger partial charge in [0.15, 0.2) is 0 Å². The Balaban J connectivity index is 1.91. The van der Waals surface area contributed by atoms with Crippen molar-refractivity contribution in [2.24, 2.45) is 5.92 Å². The Morgan fingerprint density at radius 2 is 2.11 bits per heavy atom. The Morgan fingerprint density at radius 1 is 1.33 bits per heavy atom. The summed E-state index contributed by atoms with van der Waals surface area (Å²) in [5.41, 5.74) is 1.55. The summed E-state index contributed by atoms with van der Waals surface area (Å²) in [6, 6.07) is 9.53. The molecule has 1 aromatic carbocycles. The largest absolute Gasteiger partial charge is 0.314 e. The van der Waals surface area contributed by atoms with E-state index in [0.717, 1.165) is 17.7 Å². The highest BCUT2D eigenvalue weighted by atomic mass is 32.2. The highest BCUT2D eigenvalue weighted by molar-refractivity contribution is 8.00. The van der Waals surface area contributed by atoms with E-state index in [1.165, 1.54) is 24.2 Å². The zero-order valence-corrected chi connectivity index (χ0v) is 12.6. The molecule has 0 aliphatic carbocycles. The van der Waals surface area contributed by atoms with Gasteiger partial charge >= 0.3 is 0 Å². The fourth-order valence-electron chi connectivity index (χ4n) is 2.94. The molecule has 0 aromatic heterocycles. The number of fused-ring (bicyclic) bond motifs is 1. The highest BCUT2D eigenvalue weighted by Crippen LogP contribution is 2.40. The minimum absolute atomic E-state index is 0.643. The van der Waals surface area contributed by atoms with E-state index in [9.17, 15) is 0 Å². The molecule has 1 nitrogen and oxygen atoms in total. The lowest BCUT2D eigenvalue weighted by Gasteiger charge is -2.25. The Kier molecular flexibility index (Phi) is 5.13. The van der Waals surface area contributed by atoms with Crippen LogP contribution in [0.1, 0.15) is 39.2 Å². The summed E-state index contributed by atoms with van der Waals surface area (Å²) in [5.74, 6) is 0.803. The van der Waals surface area contributed by atoms with Gasteiger partial charge in [-0.3, -0.25) is 0 Å². The van der Waals surface area contributed by atoms with Crippen LogP contribution in [0.25, 0.3) is 0 Å². The number of rotatable bonds is 6. The van der Waals surface area contributed by atoms with E-state index >= 15 is 0 Å². The average molecular weight is 263 g/mol. The SMILES string of the molecule is CCNC(C)C(CC)CC1Cc2ccccc2S1. The fourth-order valence-corrected chi connectivity index (χ4v) is 4.36. The van der Waals surface area contributed by atoms with Gasteiger partial charge in [0.05, 0.1) is 0 Å². The smallest absolute Gasteiger partial charge is 0.0138 e. The lowest BCUT2D eigenvalue weighted by Crippen LogP contribution is -2.34. The first-order valence-corrected chi connectivity index (χ1v) is 8.10. The normalized spacial score (nSPS) is 21.6.